The van der Waals surface area contributed by atoms with E-state index < -0.39 is 19.4 Å². The summed E-state index contributed by atoms with van der Waals surface area (Å²) in [6.07, 6.45) is 12.3. The highest BCUT2D eigenvalue weighted by atomic mass is 31.2. The quantitative estimate of drug-likeness (QED) is 0.198. The number of unbranched alkanes of at least 4 members (excludes halogenated alkanes) is 7. The van der Waals surface area contributed by atoms with Crippen LogP contribution in [-0.2, 0) is 36.0 Å². The van der Waals surface area contributed by atoms with Gasteiger partial charge in [0.15, 0.2) is 0 Å². The second kappa shape index (κ2) is 16.9. The summed E-state index contributed by atoms with van der Waals surface area (Å²) in [4.78, 5) is 22.6. The molecule has 0 aliphatic rings. The lowest BCUT2D eigenvalue weighted by atomic mass is 9.97. The molecular weight excluding hydrogens is 427 g/mol. The summed E-state index contributed by atoms with van der Waals surface area (Å²) in [6.45, 7) is 0.517. The first kappa shape index (κ1) is 28.3. The van der Waals surface area contributed by atoms with E-state index >= 15 is 0 Å². The van der Waals surface area contributed by atoms with Gasteiger partial charge >= 0.3 is 19.4 Å². The van der Waals surface area contributed by atoms with E-state index in [1.54, 1.807) is 0 Å². The molecule has 0 radical (unpaired) electrons. The van der Waals surface area contributed by atoms with Crippen molar-refractivity contribution in [1.82, 2.24) is 10.6 Å². The molecule has 0 fully saturated rings. The first-order chi connectivity index (χ1) is 15.5. The lowest BCUT2D eigenvalue weighted by molar-refractivity contribution is -0.138. The first-order valence-corrected chi connectivity index (χ1v) is 13.5. The van der Waals surface area contributed by atoms with E-state index in [2.05, 4.69) is 34.9 Å². The summed E-state index contributed by atoms with van der Waals surface area (Å²) < 4.78 is 21.9. The predicted octanol–water partition coefficient (Wildman–Crippen LogP) is 4.63. The molecule has 1 aromatic carbocycles. The predicted molar refractivity (Wildman–Crippen MR) is 129 cm³/mol. The number of aryl methyl sites for hydroxylation is 2. The number of hydrogen-bond acceptors (Lipinski definition) is 5. The molecule has 0 aliphatic heterocycles. The Bertz CT molecular complexity index is 718. The smallest absolute Gasteiger partial charge is 0.330 e. The maximum Gasteiger partial charge on any atom is 0.330 e. The third-order valence-corrected chi connectivity index (χ3v) is 7.62. The van der Waals surface area contributed by atoms with Crippen molar-refractivity contribution >= 4 is 19.4 Å². The Morgan fingerprint density at radius 1 is 0.781 bits per heavy atom. The molecule has 0 bridgehead atoms. The average Bonchev–Trinajstić information content (AvgIpc) is 2.82. The van der Waals surface area contributed by atoms with Crippen molar-refractivity contribution in [2.24, 2.45) is 0 Å². The molecule has 0 unspecified atom stereocenters. The Balaban J connectivity index is 2.16. The second-order valence-electron chi connectivity index (χ2n) is 7.99. The van der Waals surface area contributed by atoms with Crippen molar-refractivity contribution in [1.29, 1.82) is 0 Å². The van der Waals surface area contributed by atoms with E-state index in [9.17, 15) is 14.2 Å². The molecule has 1 aromatic rings. The van der Waals surface area contributed by atoms with Crippen LogP contribution >= 0.6 is 7.60 Å². The molecule has 0 saturated heterocycles. The third kappa shape index (κ3) is 11.8. The molecule has 0 aliphatic carbocycles. The van der Waals surface area contributed by atoms with Crippen LogP contribution in [0, 0.1) is 0 Å². The minimum Gasteiger partial charge on any atom is -0.351 e. The van der Waals surface area contributed by atoms with Crippen LogP contribution in [0.3, 0.4) is 0 Å². The molecule has 0 saturated carbocycles. The molecule has 0 atom stereocenters. The number of carbonyl (C=O) groups is 2. The molecule has 2 N–H and O–H groups in total. The zero-order chi connectivity index (χ0) is 23.7. The van der Waals surface area contributed by atoms with E-state index in [0.717, 1.165) is 44.9 Å². The van der Waals surface area contributed by atoms with E-state index in [1.807, 2.05) is 0 Å². The number of benzene rings is 1. The number of carbonyl (C=O) groups excluding carboxylic acids is 2. The van der Waals surface area contributed by atoms with Crippen LogP contribution in [0.5, 0.6) is 0 Å². The van der Waals surface area contributed by atoms with Gasteiger partial charge in [-0.25, -0.2) is 0 Å². The summed E-state index contributed by atoms with van der Waals surface area (Å²) >= 11 is 0. The number of hydrogen-bond donors (Lipinski definition) is 2. The first-order valence-electron chi connectivity index (χ1n) is 11.7. The normalized spacial score (nSPS) is 11.3. The van der Waals surface area contributed by atoms with Gasteiger partial charge in [-0.1, -0.05) is 56.4 Å². The number of amides is 2. The van der Waals surface area contributed by atoms with Crippen LogP contribution < -0.4 is 10.6 Å². The Hall–Kier alpha value is -1.69. The van der Waals surface area contributed by atoms with Crippen molar-refractivity contribution in [3.8, 4) is 0 Å². The number of likely N-dealkylation sites (N-methyl/N-ethyl adjacent to an activating group) is 1. The molecule has 7 nitrogen and oxygen atoms in total. The Labute approximate surface area is 193 Å². The van der Waals surface area contributed by atoms with Gasteiger partial charge in [-0.3, -0.25) is 14.2 Å². The molecule has 32 heavy (non-hydrogen) atoms. The average molecular weight is 469 g/mol. The van der Waals surface area contributed by atoms with E-state index in [-0.39, 0.29) is 0 Å². The third-order valence-electron chi connectivity index (χ3n) is 5.64. The number of rotatable bonds is 17. The molecule has 0 spiro atoms. The Morgan fingerprint density at radius 2 is 1.28 bits per heavy atom. The lowest BCUT2D eigenvalue weighted by Gasteiger charge is -2.12. The largest absolute Gasteiger partial charge is 0.351 e. The van der Waals surface area contributed by atoms with Crippen molar-refractivity contribution in [3.63, 3.8) is 0 Å². The van der Waals surface area contributed by atoms with Gasteiger partial charge in [0.25, 0.3) is 0 Å². The zero-order valence-corrected chi connectivity index (χ0v) is 20.9. The molecule has 0 aromatic heterocycles. The van der Waals surface area contributed by atoms with Crippen LogP contribution in [0.4, 0.5) is 0 Å². The Kier molecular flexibility index (Phi) is 14.9. The van der Waals surface area contributed by atoms with Crippen LogP contribution in [-0.4, -0.2) is 45.8 Å². The van der Waals surface area contributed by atoms with Crippen molar-refractivity contribution in [2.45, 2.75) is 70.6 Å². The highest BCUT2D eigenvalue weighted by Gasteiger charge is 2.19. The maximum absolute atomic E-state index is 12.0. The van der Waals surface area contributed by atoms with Crippen molar-refractivity contribution in [3.05, 3.63) is 35.4 Å². The minimum absolute atomic E-state index is 0.497. The van der Waals surface area contributed by atoms with E-state index in [4.69, 9.17) is 9.05 Å². The van der Waals surface area contributed by atoms with Crippen LogP contribution in [0.15, 0.2) is 24.3 Å². The fourth-order valence-corrected chi connectivity index (χ4v) is 4.77. The summed E-state index contributed by atoms with van der Waals surface area (Å²) in [5.74, 6) is -1.17. The molecule has 0 heterocycles. The fraction of sp³-hybridized carbons (Fsp3) is 0.667. The lowest BCUT2D eigenvalue weighted by Crippen LogP contribution is -2.38. The van der Waals surface area contributed by atoms with Crippen molar-refractivity contribution in [2.75, 3.05) is 34.0 Å². The maximum atomic E-state index is 12.0. The molecule has 8 heteroatoms. The van der Waals surface area contributed by atoms with E-state index in [1.165, 1.54) is 58.1 Å². The summed E-state index contributed by atoms with van der Waals surface area (Å²) in [7, 11) is 1.49. The summed E-state index contributed by atoms with van der Waals surface area (Å²) in [5, 5.41) is 4.96. The topological polar surface area (TPSA) is 93.7 Å². The summed E-state index contributed by atoms with van der Waals surface area (Å²) in [5.41, 5.74) is 2.79. The van der Waals surface area contributed by atoms with Gasteiger partial charge in [-0.15, -0.1) is 0 Å². The van der Waals surface area contributed by atoms with Gasteiger partial charge < -0.3 is 19.7 Å². The number of nitrogens with one attached hydrogen (secondary N) is 2. The molecule has 1 rings (SSSR count). The fourth-order valence-electron chi connectivity index (χ4n) is 3.64. The van der Waals surface area contributed by atoms with Crippen molar-refractivity contribution < 1.29 is 23.2 Å². The highest BCUT2D eigenvalue weighted by Crippen LogP contribution is 2.47. The summed E-state index contributed by atoms with van der Waals surface area (Å²) in [6, 6.07) is 8.59. The zero-order valence-electron chi connectivity index (χ0n) is 20.0. The second-order valence-corrected chi connectivity index (χ2v) is 10.4. The van der Waals surface area contributed by atoms with Crippen LogP contribution in [0.1, 0.15) is 68.9 Å². The van der Waals surface area contributed by atoms with Crippen LogP contribution in [0.2, 0.25) is 0 Å². The van der Waals surface area contributed by atoms with Gasteiger partial charge in [-0.05, 0) is 49.7 Å². The minimum atomic E-state index is -2.84. The van der Waals surface area contributed by atoms with Crippen LogP contribution in [0.25, 0.3) is 0 Å². The standard InChI is InChI=1S/C24H41N2O5P/c1-25-23(27)24(28)26-19-13-12-18-22-17-11-10-16-21(22)15-9-7-5-4-6-8-14-20-32(29,30-2)31-3/h10-11,16-17H,4-9,12-15,18-20H2,1-3H3,(H,25,27)(H,26,28). The van der Waals surface area contributed by atoms with Gasteiger partial charge in [0.1, 0.15) is 0 Å². The van der Waals surface area contributed by atoms with Gasteiger partial charge in [0.2, 0.25) is 0 Å². The molecule has 2 amide bonds. The van der Waals surface area contributed by atoms with E-state index in [0.29, 0.717) is 12.7 Å². The molecular formula is C24H41N2O5P. The monoisotopic (exact) mass is 468 g/mol. The molecule has 182 valence electrons. The Morgan fingerprint density at radius 3 is 1.81 bits per heavy atom. The van der Waals surface area contributed by atoms with Gasteiger partial charge in [0.05, 0.1) is 6.16 Å². The van der Waals surface area contributed by atoms with Gasteiger partial charge in [0, 0.05) is 27.8 Å². The SMILES string of the molecule is CNC(=O)C(=O)NCCCCc1ccccc1CCCCCCCCCP(=O)(OC)OC. The van der Waals surface area contributed by atoms with Gasteiger partial charge in [-0.2, -0.15) is 0 Å². The highest BCUT2D eigenvalue weighted by molar-refractivity contribution is 7.53.